The lowest BCUT2D eigenvalue weighted by atomic mass is 10.0. The third-order valence-electron chi connectivity index (χ3n) is 3.59. The van der Waals surface area contributed by atoms with E-state index in [2.05, 4.69) is 30.4 Å². The molecule has 2 unspecified atom stereocenters. The Labute approximate surface area is 113 Å². The first-order valence-corrected chi connectivity index (χ1v) is 6.70. The van der Waals surface area contributed by atoms with Crippen LogP contribution in [0.5, 0.6) is 5.75 Å². The Morgan fingerprint density at radius 2 is 2.11 bits per heavy atom. The molecule has 1 aliphatic heterocycles. The lowest BCUT2D eigenvalue weighted by Gasteiger charge is -2.15. The SMILES string of the molecule is CNC(c1ccc2c(c1)CC(C)O2)c1ccc(C)o1. The van der Waals surface area contributed by atoms with Crippen LogP contribution in [0.2, 0.25) is 0 Å². The molecule has 0 fully saturated rings. The smallest absolute Gasteiger partial charge is 0.125 e. The molecule has 2 atom stereocenters. The first kappa shape index (κ1) is 12.3. The highest BCUT2D eigenvalue weighted by molar-refractivity contribution is 5.43. The summed E-state index contributed by atoms with van der Waals surface area (Å²) in [6, 6.07) is 10.5. The van der Waals surface area contributed by atoms with E-state index >= 15 is 0 Å². The summed E-state index contributed by atoms with van der Waals surface area (Å²) in [4.78, 5) is 0. The zero-order chi connectivity index (χ0) is 13.4. The fraction of sp³-hybridized carbons (Fsp3) is 0.375. The summed E-state index contributed by atoms with van der Waals surface area (Å²) < 4.78 is 11.5. The molecule has 100 valence electrons. The highest BCUT2D eigenvalue weighted by Gasteiger charge is 2.22. The molecule has 0 saturated heterocycles. The van der Waals surface area contributed by atoms with E-state index in [-0.39, 0.29) is 12.1 Å². The number of nitrogens with one attached hydrogen (secondary N) is 1. The number of rotatable bonds is 3. The summed E-state index contributed by atoms with van der Waals surface area (Å²) in [6.07, 6.45) is 1.26. The average Bonchev–Trinajstić information content (AvgIpc) is 2.95. The quantitative estimate of drug-likeness (QED) is 0.916. The van der Waals surface area contributed by atoms with Crippen LogP contribution in [0, 0.1) is 6.92 Å². The molecule has 2 heterocycles. The van der Waals surface area contributed by atoms with Gasteiger partial charge in [0.1, 0.15) is 23.4 Å². The van der Waals surface area contributed by atoms with Crippen LogP contribution in [0.25, 0.3) is 0 Å². The van der Waals surface area contributed by atoms with Crippen molar-refractivity contribution in [2.24, 2.45) is 0 Å². The van der Waals surface area contributed by atoms with Crippen LogP contribution in [0.4, 0.5) is 0 Å². The Hall–Kier alpha value is -1.74. The van der Waals surface area contributed by atoms with Crippen LogP contribution in [0.3, 0.4) is 0 Å². The van der Waals surface area contributed by atoms with Crippen molar-refractivity contribution in [3.63, 3.8) is 0 Å². The summed E-state index contributed by atoms with van der Waals surface area (Å²) in [7, 11) is 1.95. The van der Waals surface area contributed by atoms with Gasteiger partial charge in [0, 0.05) is 6.42 Å². The summed E-state index contributed by atoms with van der Waals surface area (Å²) in [6.45, 7) is 4.07. The van der Waals surface area contributed by atoms with Gasteiger partial charge in [0.25, 0.3) is 0 Å². The van der Waals surface area contributed by atoms with Gasteiger partial charge in [-0.25, -0.2) is 0 Å². The largest absolute Gasteiger partial charge is 0.490 e. The van der Waals surface area contributed by atoms with Crippen molar-refractivity contribution < 1.29 is 9.15 Å². The van der Waals surface area contributed by atoms with Gasteiger partial charge in [-0.3, -0.25) is 0 Å². The average molecular weight is 257 g/mol. The maximum Gasteiger partial charge on any atom is 0.125 e. The number of ether oxygens (including phenoxy) is 1. The molecule has 3 rings (SSSR count). The number of benzene rings is 1. The molecule has 3 nitrogen and oxygen atoms in total. The molecule has 1 N–H and O–H groups in total. The molecular weight excluding hydrogens is 238 g/mol. The summed E-state index contributed by atoms with van der Waals surface area (Å²) in [5.74, 6) is 2.90. The third kappa shape index (κ3) is 2.26. The van der Waals surface area contributed by atoms with E-state index in [0.717, 1.165) is 23.7 Å². The molecule has 19 heavy (non-hydrogen) atoms. The zero-order valence-corrected chi connectivity index (χ0v) is 11.6. The molecule has 0 amide bonds. The predicted molar refractivity (Wildman–Crippen MR) is 74.6 cm³/mol. The molecule has 0 bridgehead atoms. The van der Waals surface area contributed by atoms with E-state index in [4.69, 9.17) is 9.15 Å². The Bertz CT molecular complexity index is 588. The van der Waals surface area contributed by atoms with E-state index in [1.54, 1.807) is 0 Å². The highest BCUT2D eigenvalue weighted by atomic mass is 16.5. The number of fused-ring (bicyclic) bond motifs is 1. The van der Waals surface area contributed by atoms with Crippen molar-refractivity contribution in [1.29, 1.82) is 0 Å². The van der Waals surface area contributed by atoms with Crippen molar-refractivity contribution in [2.45, 2.75) is 32.4 Å². The fourth-order valence-corrected chi connectivity index (χ4v) is 2.70. The van der Waals surface area contributed by atoms with Crippen LogP contribution < -0.4 is 10.1 Å². The van der Waals surface area contributed by atoms with Crippen LogP contribution in [-0.4, -0.2) is 13.2 Å². The van der Waals surface area contributed by atoms with E-state index in [1.165, 1.54) is 11.1 Å². The van der Waals surface area contributed by atoms with E-state index < -0.39 is 0 Å². The Morgan fingerprint density at radius 3 is 2.79 bits per heavy atom. The van der Waals surface area contributed by atoms with Crippen molar-refractivity contribution in [2.75, 3.05) is 7.05 Å². The van der Waals surface area contributed by atoms with Crippen molar-refractivity contribution >= 4 is 0 Å². The van der Waals surface area contributed by atoms with Gasteiger partial charge in [-0.05, 0) is 56.3 Å². The summed E-state index contributed by atoms with van der Waals surface area (Å²) in [5.41, 5.74) is 2.50. The van der Waals surface area contributed by atoms with Crippen molar-refractivity contribution in [3.8, 4) is 5.75 Å². The molecule has 0 spiro atoms. The van der Waals surface area contributed by atoms with Crippen LogP contribution in [0.1, 0.15) is 35.6 Å². The number of furan rings is 1. The van der Waals surface area contributed by atoms with E-state index in [1.807, 2.05) is 26.1 Å². The summed E-state index contributed by atoms with van der Waals surface area (Å²) in [5, 5.41) is 3.32. The normalized spacial score (nSPS) is 19.0. The standard InChI is InChI=1S/C16H19NO2/c1-10-4-6-15(18-10)16(17-3)12-5-7-14-13(9-12)8-11(2)19-14/h4-7,9,11,16-17H,8H2,1-3H3. The second kappa shape index (κ2) is 4.74. The first-order chi connectivity index (χ1) is 9.17. The zero-order valence-electron chi connectivity index (χ0n) is 11.6. The molecule has 1 aromatic carbocycles. The lowest BCUT2D eigenvalue weighted by Crippen LogP contribution is -2.17. The topological polar surface area (TPSA) is 34.4 Å². The predicted octanol–water partition coefficient (Wildman–Crippen LogP) is 3.22. The number of hydrogen-bond donors (Lipinski definition) is 1. The van der Waals surface area contributed by atoms with Gasteiger partial charge in [-0.2, -0.15) is 0 Å². The van der Waals surface area contributed by atoms with Gasteiger partial charge in [-0.1, -0.05) is 6.07 Å². The number of hydrogen-bond acceptors (Lipinski definition) is 3. The van der Waals surface area contributed by atoms with Crippen LogP contribution >= 0.6 is 0 Å². The van der Waals surface area contributed by atoms with Crippen molar-refractivity contribution in [1.82, 2.24) is 5.32 Å². The summed E-state index contributed by atoms with van der Waals surface area (Å²) >= 11 is 0. The minimum atomic E-state index is 0.0925. The monoisotopic (exact) mass is 257 g/mol. The Kier molecular flexibility index (Phi) is 3.07. The third-order valence-corrected chi connectivity index (χ3v) is 3.59. The second-order valence-corrected chi connectivity index (χ2v) is 5.17. The Morgan fingerprint density at radius 1 is 1.26 bits per heavy atom. The lowest BCUT2D eigenvalue weighted by molar-refractivity contribution is 0.254. The molecular formula is C16H19NO2. The van der Waals surface area contributed by atoms with Gasteiger partial charge in [0.05, 0.1) is 6.04 Å². The minimum absolute atomic E-state index is 0.0925. The van der Waals surface area contributed by atoms with Gasteiger partial charge >= 0.3 is 0 Å². The van der Waals surface area contributed by atoms with Gasteiger partial charge in [-0.15, -0.1) is 0 Å². The maximum absolute atomic E-state index is 5.74. The maximum atomic E-state index is 5.74. The first-order valence-electron chi connectivity index (χ1n) is 6.70. The molecule has 0 aliphatic carbocycles. The Balaban J connectivity index is 1.95. The minimum Gasteiger partial charge on any atom is -0.490 e. The number of aryl methyl sites for hydroxylation is 1. The molecule has 3 heteroatoms. The molecule has 2 aromatic rings. The van der Waals surface area contributed by atoms with Gasteiger partial charge in [0.15, 0.2) is 0 Å². The van der Waals surface area contributed by atoms with Gasteiger partial charge < -0.3 is 14.5 Å². The van der Waals surface area contributed by atoms with E-state index in [9.17, 15) is 0 Å². The molecule has 0 radical (unpaired) electrons. The molecule has 0 saturated carbocycles. The molecule has 1 aromatic heterocycles. The molecule has 1 aliphatic rings. The fourth-order valence-electron chi connectivity index (χ4n) is 2.70. The van der Waals surface area contributed by atoms with E-state index in [0.29, 0.717) is 0 Å². The van der Waals surface area contributed by atoms with Crippen molar-refractivity contribution in [3.05, 3.63) is 53.0 Å². The highest BCUT2D eigenvalue weighted by Crippen LogP contribution is 2.33. The van der Waals surface area contributed by atoms with Crippen LogP contribution in [0.15, 0.2) is 34.7 Å². The van der Waals surface area contributed by atoms with Crippen LogP contribution in [-0.2, 0) is 6.42 Å². The second-order valence-electron chi connectivity index (χ2n) is 5.17. The van der Waals surface area contributed by atoms with Gasteiger partial charge in [0.2, 0.25) is 0 Å².